The molecule has 0 radical (unpaired) electrons. The molecule has 0 spiro atoms. The molecular formula is C48H80O40. The molecule has 24 N–H and O–H groups in total. The minimum absolute atomic E-state index is 0.919. The van der Waals surface area contributed by atoms with Crippen LogP contribution >= 0.6 is 0 Å². The van der Waals surface area contributed by atoms with Gasteiger partial charge in [0.2, 0.25) is 0 Å². The van der Waals surface area contributed by atoms with E-state index in [4.69, 9.17) is 75.8 Å². The van der Waals surface area contributed by atoms with Crippen LogP contribution in [-0.2, 0) is 75.8 Å². The molecule has 40 heteroatoms. The van der Waals surface area contributed by atoms with E-state index in [-0.39, 0.29) is 0 Å². The first-order valence-corrected chi connectivity index (χ1v) is 28.1. The van der Waals surface area contributed by atoms with E-state index >= 15 is 0 Å². The van der Waals surface area contributed by atoms with Gasteiger partial charge in [-0.1, -0.05) is 0 Å². The lowest BCUT2D eigenvalue weighted by Gasteiger charge is -2.50. The third kappa shape index (κ3) is 13.9. The highest BCUT2D eigenvalue weighted by Crippen LogP contribution is 2.39. The van der Waals surface area contributed by atoms with Crippen LogP contribution in [0.2, 0.25) is 0 Å². The van der Waals surface area contributed by atoms with Gasteiger partial charge in [-0.3, -0.25) is 0 Å². The highest BCUT2D eigenvalue weighted by molar-refractivity contribution is 5.02. The third-order valence-electron chi connectivity index (χ3n) is 16.9. The van der Waals surface area contributed by atoms with Gasteiger partial charge < -0.3 is 198 Å². The summed E-state index contributed by atoms with van der Waals surface area (Å²) in [5.74, 6) is 0. The third-order valence-corrected chi connectivity index (χ3v) is 16.9. The summed E-state index contributed by atoms with van der Waals surface area (Å²) >= 11 is 0. The van der Waals surface area contributed by atoms with Crippen molar-refractivity contribution in [2.24, 2.45) is 0 Å². The molecule has 0 amide bonds. The molecule has 22 aliphatic rings. The van der Waals surface area contributed by atoms with Gasteiger partial charge in [0.15, 0.2) is 50.3 Å². The summed E-state index contributed by atoms with van der Waals surface area (Å²) in [6.45, 7) is -8.51. The maximum Gasteiger partial charge on any atom is 0.187 e. The molecular weight excluding hydrogens is 1220 g/mol. The normalized spacial score (nSPS) is 55.2. The Balaban J connectivity index is 1.02. The van der Waals surface area contributed by atoms with E-state index in [0.29, 0.717) is 0 Å². The van der Waals surface area contributed by atoms with Gasteiger partial charge in [0.25, 0.3) is 0 Å². The molecule has 22 aliphatic heterocycles. The van der Waals surface area contributed by atoms with Crippen LogP contribution in [0, 0.1) is 0 Å². The Morgan fingerprint density at radius 3 is 0.580 bits per heavy atom. The minimum atomic E-state index is -2.35. The molecule has 512 valence electrons. The first-order chi connectivity index (χ1) is 41.9. The van der Waals surface area contributed by atoms with E-state index < -0.39 is 299 Å². The molecule has 22 fully saturated rings. The van der Waals surface area contributed by atoms with E-state index in [1.165, 1.54) is 0 Å². The van der Waals surface area contributed by atoms with Gasteiger partial charge >= 0.3 is 0 Å². The lowest BCUT2D eigenvalue weighted by atomic mass is 9.95. The second kappa shape index (κ2) is 30.0. The van der Waals surface area contributed by atoms with Crippen LogP contribution in [0.5, 0.6) is 0 Å². The Morgan fingerprint density at radius 1 is 0.182 bits per heavy atom. The van der Waals surface area contributed by atoms with Crippen molar-refractivity contribution in [2.75, 3.05) is 52.9 Å². The quantitative estimate of drug-likeness (QED) is 0.0966. The fourth-order valence-corrected chi connectivity index (χ4v) is 11.8. The average molecular weight is 1300 g/mol. The molecule has 22 heterocycles. The molecule has 0 aromatic rings. The van der Waals surface area contributed by atoms with E-state index in [9.17, 15) is 123 Å². The molecule has 0 unspecified atom stereocenters. The van der Waals surface area contributed by atoms with Gasteiger partial charge in [-0.2, -0.15) is 0 Å². The Morgan fingerprint density at radius 2 is 0.375 bits per heavy atom. The van der Waals surface area contributed by atoms with E-state index in [1.54, 1.807) is 0 Å². The molecule has 22 saturated heterocycles. The second-order valence-electron chi connectivity index (χ2n) is 22.5. The van der Waals surface area contributed by atoms with Crippen molar-refractivity contribution in [3.63, 3.8) is 0 Å². The van der Waals surface area contributed by atoms with Crippen molar-refractivity contribution >= 4 is 0 Å². The topological polar surface area (TPSA) is 633 Å². The number of hydrogen-bond acceptors (Lipinski definition) is 40. The van der Waals surface area contributed by atoms with Crippen molar-refractivity contribution in [1.29, 1.82) is 0 Å². The molecule has 0 saturated carbocycles. The van der Waals surface area contributed by atoms with Crippen molar-refractivity contribution < 1.29 is 198 Å². The summed E-state index contributed by atoms with van der Waals surface area (Å²) in [7, 11) is 0. The number of rotatable bonds is 10. The van der Waals surface area contributed by atoms with Crippen LogP contribution in [-0.4, -0.2) is 421 Å². The monoisotopic (exact) mass is 1300 g/mol. The predicted octanol–water partition coefficient (Wildman–Crippen LogP) is -17.4. The average Bonchev–Trinajstić information content (AvgIpc) is 1.32. The van der Waals surface area contributed by atoms with Crippen molar-refractivity contribution in [2.45, 2.75) is 246 Å². The molecule has 88 heavy (non-hydrogen) atoms. The zero-order valence-electron chi connectivity index (χ0n) is 46.0. The molecule has 14 bridgehead atoms. The van der Waals surface area contributed by atoms with Crippen LogP contribution in [0.25, 0.3) is 0 Å². The maximum absolute atomic E-state index is 11.8. The number of aliphatic hydroxyl groups is 24. The molecule has 22 rings (SSSR count). The van der Waals surface area contributed by atoms with Crippen molar-refractivity contribution in [3.8, 4) is 0 Å². The lowest BCUT2D eigenvalue weighted by molar-refractivity contribution is -0.399. The zero-order valence-corrected chi connectivity index (χ0v) is 46.0. The molecule has 0 aromatic heterocycles. The summed E-state index contributed by atoms with van der Waals surface area (Å²) in [5.41, 5.74) is 0. The van der Waals surface area contributed by atoms with Gasteiger partial charge in [0.05, 0.1) is 52.9 Å². The first kappa shape index (κ1) is 70.7. The number of hydrogen-bond donors (Lipinski definition) is 24. The van der Waals surface area contributed by atoms with Crippen LogP contribution < -0.4 is 0 Å². The Hall–Kier alpha value is -1.60. The Labute approximate surface area is 496 Å². The predicted molar refractivity (Wildman–Crippen MR) is 261 cm³/mol. The van der Waals surface area contributed by atoms with Gasteiger partial charge in [-0.15, -0.1) is 0 Å². The Kier molecular flexibility index (Phi) is 24.1. The summed E-state index contributed by atoms with van der Waals surface area (Å²) in [4.78, 5) is 0. The summed E-state index contributed by atoms with van der Waals surface area (Å²) in [6.07, 6.45) is -82.6. The fraction of sp³-hybridized carbons (Fsp3) is 1.00. The van der Waals surface area contributed by atoms with Gasteiger partial charge in [0, 0.05) is 0 Å². The Bertz CT molecular complexity index is 2130. The highest BCUT2D eigenvalue weighted by Gasteiger charge is 2.60. The largest absolute Gasteiger partial charge is 0.394 e. The maximum atomic E-state index is 11.8. The van der Waals surface area contributed by atoms with E-state index in [1.807, 2.05) is 0 Å². The summed E-state index contributed by atoms with van der Waals surface area (Å²) in [5, 5.41) is 265. The van der Waals surface area contributed by atoms with Crippen LogP contribution in [0.3, 0.4) is 0 Å². The first-order valence-electron chi connectivity index (χ1n) is 28.1. The van der Waals surface area contributed by atoms with Gasteiger partial charge in [0.1, 0.15) is 195 Å². The fourth-order valence-electron chi connectivity index (χ4n) is 11.8. The highest BCUT2D eigenvalue weighted by atomic mass is 16.8. The van der Waals surface area contributed by atoms with Gasteiger partial charge in [-0.05, 0) is 0 Å². The molecule has 40 nitrogen and oxygen atoms in total. The minimum Gasteiger partial charge on any atom is -0.394 e. The SMILES string of the molecule is OC[C@@H]1O[C@@H]2O[C@H]3[C@H](O)[C@@H](O)[C@@H](O[C@H]4[C@H](O)[C@H](O)[C@@H](O[C@H]5[C@@H](O)[C@H](O)[C@@H](O[C@H]6[C@H](O)[C@@H](O)[C@@H](O[C@H]7[C@H](O)[C@@H](O)[C@@H](O[C@H]8[C@H](O)[C@@H](O)[C@@H](O[C@H]1[C@H](O)[C@H]2O)O[C@H]8CO)O[C@H]7CO)O[C@@H]6CO)O[C@@H]5CO)O[C@@H]4CO)O[C@H]3CO[C@@H]1O[C@H](CO)[C@H](O)[C@H](O)[C@H]1O. The molecule has 40 atom stereocenters. The van der Waals surface area contributed by atoms with Crippen LogP contribution in [0.1, 0.15) is 0 Å². The van der Waals surface area contributed by atoms with Crippen LogP contribution in [0.15, 0.2) is 0 Å². The second-order valence-corrected chi connectivity index (χ2v) is 22.5. The molecule has 0 aliphatic carbocycles. The van der Waals surface area contributed by atoms with Crippen LogP contribution in [0.4, 0.5) is 0 Å². The van der Waals surface area contributed by atoms with E-state index in [2.05, 4.69) is 0 Å². The zero-order chi connectivity index (χ0) is 64.1. The van der Waals surface area contributed by atoms with E-state index in [0.717, 1.165) is 0 Å². The smallest absolute Gasteiger partial charge is 0.187 e. The number of aliphatic hydroxyl groups excluding tert-OH is 24. The van der Waals surface area contributed by atoms with Crippen molar-refractivity contribution in [3.05, 3.63) is 0 Å². The summed E-state index contributed by atoms with van der Waals surface area (Å²) in [6, 6.07) is 0. The van der Waals surface area contributed by atoms with Gasteiger partial charge in [-0.25, -0.2) is 0 Å². The van der Waals surface area contributed by atoms with Crippen molar-refractivity contribution in [1.82, 2.24) is 0 Å². The lowest BCUT2D eigenvalue weighted by Crippen LogP contribution is -2.68. The standard InChI is InChI=1S/C48H80O40/c49-1-9-17(56)18(57)26(65)41(74-9)73-8-16-40-25(64)33(72)48(81-16)87-39-15(7-55)79-46(31(70)23(39)62)85-37-13(5-53)77-44(29(68)21(37)60)83-35-11(3-51)75-42(27(66)19(35)58)82-34-10(2-50)76-43(28(67)20(34)59)84-36-12(4-52)78-45(30(69)22(36)61)86-38-14(6-54)80-47(88-40)32(71)24(38)63/h9-72H,1-8H2/t9-,10+,11-,12+,13-,14+,15-,16+,17+,18+,19-,20-,21+,22-,23-,24-,25-,26-,27-,28-,29+,30-,31+,32-,33-,34-,35-,36-,37-,38-,39-,40-,41-,42-,43-,44-,45-,46-,47-,48-/m1/s1. The molecule has 0 aromatic carbocycles. The summed E-state index contributed by atoms with van der Waals surface area (Å²) < 4.78 is 91.6. The number of ether oxygens (including phenoxy) is 16.